The standard InChI is InChI=1S/C11H11ClN2O/c1-8-6-10(7-15)13-14(8)11-4-2-9(12)3-5-11/h2-6,15H,7H2,1H3. The molecule has 0 bridgehead atoms. The highest BCUT2D eigenvalue weighted by Crippen LogP contribution is 2.15. The number of nitrogens with zero attached hydrogens (tertiary/aromatic N) is 2. The predicted molar refractivity (Wildman–Crippen MR) is 59.2 cm³/mol. The van der Waals surface area contributed by atoms with E-state index in [2.05, 4.69) is 5.10 Å². The molecule has 1 N–H and O–H groups in total. The van der Waals surface area contributed by atoms with Crippen LogP contribution in [-0.2, 0) is 6.61 Å². The molecule has 78 valence electrons. The molecule has 0 spiro atoms. The van der Waals surface area contributed by atoms with E-state index < -0.39 is 0 Å². The molecule has 1 aromatic carbocycles. The largest absolute Gasteiger partial charge is 0.390 e. The summed E-state index contributed by atoms with van der Waals surface area (Å²) in [5.74, 6) is 0. The van der Waals surface area contributed by atoms with E-state index in [1.165, 1.54) is 0 Å². The highest BCUT2D eigenvalue weighted by atomic mass is 35.5. The maximum atomic E-state index is 8.97. The van der Waals surface area contributed by atoms with Gasteiger partial charge in [0.25, 0.3) is 0 Å². The molecule has 0 saturated carbocycles. The minimum atomic E-state index is -0.0402. The Hall–Kier alpha value is -1.32. The fourth-order valence-electron chi connectivity index (χ4n) is 1.46. The average Bonchev–Trinajstić information content (AvgIpc) is 2.61. The Bertz CT molecular complexity index is 462. The molecule has 0 unspecified atom stereocenters. The zero-order valence-electron chi connectivity index (χ0n) is 8.31. The van der Waals surface area contributed by atoms with Crippen molar-refractivity contribution in [3.8, 4) is 5.69 Å². The molecule has 0 atom stereocenters. The third kappa shape index (κ3) is 2.03. The third-order valence-corrected chi connectivity index (χ3v) is 2.42. The summed E-state index contributed by atoms with van der Waals surface area (Å²) in [4.78, 5) is 0. The molecule has 0 aliphatic heterocycles. The minimum Gasteiger partial charge on any atom is -0.390 e. The molecular formula is C11H11ClN2O. The van der Waals surface area contributed by atoms with Gasteiger partial charge in [-0.15, -0.1) is 0 Å². The van der Waals surface area contributed by atoms with Gasteiger partial charge in [-0.3, -0.25) is 0 Å². The van der Waals surface area contributed by atoms with Crippen molar-refractivity contribution in [2.75, 3.05) is 0 Å². The van der Waals surface area contributed by atoms with E-state index >= 15 is 0 Å². The Morgan fingerprint density at radius 2 is 2.00 bits per heavy atom. The van der Waals surface area contributed by atoms with E-state index in [9.17, 15) is 0 Å². The molecule has 0 amide bonds. The molecular weight excluding hydrogens is 212 g/mol. The molecule has 1 heterocycles. The van der Waals surface area contributed by atoms with Crippen LogP contribution in [-0.4, -0.2) is 14.9 Å². The fourth-order valence-corrected chi connectivity index (χ4v) is 1.59. The van der Waals surface area contributed by atoms with Crippen LogP contribution in [0.15, 0.2) is 30.3 Å². The molecule has 0 fully saturated rings. The van der Waals surface area contributed by atoms with Crippen LogP contribution in [0.1, 0.15) is 11.4 Å². The van der Waals surface area contributed by atoms with Gasteiger partial charge in [-0.1, -0.05) is 11.6 Å². The van der Waals surface area contributed by atoms with Gasteiger partial charge in [0.15, 0.2) is 0 Å². The lowest BCUT2D eigenvalue weighted by molar-refractivity contribution is 0.276. The van der Waals surface area contributed by atoms with E-state index in [1.807, 2.05) is 37.3 Å². The summed E-state index contributed by atoms with van der Waals surface area (Å²) >= 11 is 5.80. The molecule has 1 aromatic heterocycles. The smallest absolute Gasteiger partial charge is 0.0886 e. The van der Waals surface area contributed by atoms with Crippen LogP contribution in [0.25, 0.3) is 5.69 Å². The summed E-state index contributed by atoms with van der Waals surface area (Å²) in [7, 11) is 0. The maximum Gasteiger partial charge on any atom is 0.0886 e. The van der Waals surface area contributed by atoms with Crippen molar-refractivity contribution < 1.29 is 5.11 Å². The number of aryl methyl sites for hydroxylation is 1. The van der Waals surface area contributed by atoms with Crippen molar-refractivity contribution in [2.45, 2.75) is 13.5 Å². The first-order chi connectivity index (χ1) is 7.20. The van der Waals surface area contributed by atoms with Gasteiger partial charge in [0.2, 0.25) is 0 Å². The number of aliphatic hydroxyl groups excluding tert-OH is 1. The van der Waals surface area contributed by atoms with Gasteiger partial charge in [0.05, 0.1) is 18.0 Å². The summed E-state index contributed by atoms with van der Waals surface area (Å²) in [6, 6.07) is 9.27. The molecule has 0 saturated heterocycles. The number of aromatic nitrogens is 2. The number of hydrogen-bond acceptors (Lipinski definition) is 2. The molecule has 0 radical (unpaired) electrons. The van der Waals surface area contributed by atoms with E-state index in [4.69, 9.17) is 16.7 Å². The number of rotatable bonds is 2. The van der Waals surface area contributed by atoms with Gasteiger partial charge in [-0.2, -0.15) is 5.10 Å². The van der Waals surface area contributed by atoms with Crippen molar-refractivity contribution in [1.29, 1.82) is 0 Å². The second-order valence-corrected chi connectivity index (χ2v) is 3.76. The van der Waals surface area contributed by atoms with Gasteiger partial charge in [-0.05, 0) is 37.3 Å². The Kier molecular flexibility index (Phi) is 2.75. The van der Waals surface area contributed by atoms with Gasteiger partial charge in [0, 0.05) is 10.7 Å². The molecule has 0 aliphatic carbocycles. The van der Waals surface area contributed by atoms with E-state index in [0.29, 0.717) is 10.7 Å². The van der Waals surface area contributed by atoms with Gasteiger partial charge in [-0.25, -0.2) is 4.68 Å². The summed E-state index contributed by atoms with van der Waals surface area (Å²) < 4.78 is 1.78. The summed E-state index contributed by atoms with van der Waals surface area (Å²) in [5.41, 5.74) is 2.60. The van der Waals surface area contributed by atoms with Gasteiger partial charge >= 0.3 is 0 Å². The molecule has 2 rings (SSSR count). The lowest BCUT2D eigenvalue weighted by atomic mass is 10.3. The van der Waals surface area contributed by atoms with E-state index in [0.717, 1.165) is 11.4 Å². The average molecular weight is 223 g/mol. The van der Waals surface area contributed by atoms with Crippen molar-refractivity contribution in [2.24, 2.45) is 0 Å². The highest BCUT2D eigenvalue weighted by molar-refractivity contribution is 6.30. The van der Waals surface area contributed by atoms with Gasteiger partial charge < -0.3 is 5.11 Å². The Labute approximate surface area is 92.9 Å². The van der Waals surface area contributed by atoms with Crippen LogP contribution in [0, 0.1) is 6.92 Å². The van der Waals surface area contributed by atoms with Crippen LogP contribution < -0.4 is 0 Å². The zero-order valence-corrected chi connectivity index (χ0v) is 9.07. The quantitative estimate of drug-likeness (QED) is 0.847. The van der Waals surface area contributed by atoms with Crippen molar-refractivity contribution in [3.05, 3.63) is 46.7 Å². The van der Waals surface area contributed by atoms with Crippen LogP contribution in [0.3, 0.4) is 0 Å². The van der Waals surface area contributed by atoms with E-state index in [-0.39, 0.29) is 6.61 Å². The minimum absolute atomic E-state index is 0.0402. The molecule has 15 heavy (non-hydrogen) atoms. The lowest BCUT2D eigenvalue weighted by Gasteiger charge is -2.03. The van der Waals surface area contributed by atoms with Crippen molar-refractivity contribution in [1.82, 2.24) is 9.78 Å². The Balaban J connectivity index is 2.44. The van der Waals surface area contributed by atoms with Crippen LogP contribution in [0.2, 0.25) is 5.02 Å². The van der Waals surface area contributed by atoms with Gasteiger partial charge in [0.1, 0.15) is 0 Å². The Morgan fingerprint density at radius 1 is 1.33 bits per heavy atom. The number of aliphatic hydroxyl groups is 1. The summed E-state index contributed by atoms with van der Waals surface area (Å²) in [6.07, 6.45) is 0. The van der Waals surface area contributed by atoms with Crippen molar-refractivity contribution in [3.63, 3.8) is 0 Å². The van der Waals surface area contributed by atoms with Crippen molar-refractivity contribution >= 4 is 11.6 Å². The number of hydrogen-bond donors (Lipinski definition) is 1. The monoisotopic (exact) mass is 222 g/mol. The molecule has 4 heteroatoms. The lowest BCUT2D eigenvalue weighted by Crippen LogP contribution is -1.98. The van der Waals surface area contributed by atoms with Crippen LogP contribution in [0.4, 0.5) is 0 Å². The summed E-state index contributed by atoms with van der Waals surface area (Å²) in [6.45, 7) is 1.90. The maximum absolute atomic E-state index is 8.97. The second-order valence-electron chi connectivity index (χ2n) is 3.32. The van der Waals surface area contributed by atoms with E-state index in [1.54, 1.807) is 4.68 Å². The SMILES string of the molecule is Cc1cc(CO)nn1-c1ccc(Cl)cc1. The molecule has 2 aromatic rings. The second kappa shape index (κ2) is 4.04. The first-order valence-electron chi connectivity index (χ1n) is 4.63. The highest BCUT2D eigenvalue weighted by Gasteiger charge is 2.04. The number of halogens is 1. The zero-order chi connectivity index (χ0) is 10.8. The van der Waals surface area contributed by atoms with Crippen LogP contribution >= 0.6 is 11.6 Å². The number of benzene rings is 1. The third-order valence-electron chi connectivity index (χ3n) is 2.17. The predicted octanol–water partition coefficient (Wildman–Crippen LogP) is 2.33. The molecule has 3 nitrogen and oxygen atoms in total. The topological polar surface area (TPSA) is 38.1 Å². The fraction of sp³-hybridized carbons (Fsp3) is 0.182. The first-order valence-corrected chi connectivity index (χ1v) is 5.01. The van der Waals surface area contributed by atoms with Crippen LogP contribution in [0.5, 0.6) is 0 Å². The summed E-state index contributed by atoms with van der Waals surface area (Å²) in [5, 5.41) is 13.9. The normalized spacial score (nSPS) is 10.6. The first kappa shape index (κ1) is 10.2. The molecule has 0 aliphatic rings. The Morgan fingerprint density at radius 3 is 2.53 bits per heavy atom.